The molecule has 2 aliphatic heterocycles. The minimum atomic E-state index is -3.06. The molecule has 32 heavy (non-hydrogen) atoms. The van der Waals surface area contributed by atoms with E-state index >= 15 is 0 Å². The van der Waals surface area contributed by atoms with Crippen molar-refractivity contribution in [2.24, 2.45) is 0 Å². The second-order valence-electron chi connectivity index (χ2n) is 7.41. The Labute approximate surface area is 197 Å². The highest BCUT2D eigenvalue weighted by Crippen LogP contribution is 2.41. The van der Waals surface area contributed by atoms with Crippen LogP contribution in [0.25, 0.3) is 0 Å². The molecular formula is C22H25Cl2O7P. The van der Waals surface area contributed by atoms with Gasteiger partial charge in [0, 0.05) is 47.2 Å². The summed E-state index contributed by atoms with van der Waals surface area (Å²) >= 11 is 12.0. The summed E-state index contributed by atoms with van der Waals surface area (Å²) in [5.74, 6) is 0. The van der Waals surface area contributed by atoms with Crippen LogP contribution < -0.4 is 0 Å². The van der Waals surface area contributed by atoms with E-state index in [2.05, 4.69) is 0 Å². The highest BCUT2D eigenvalue weighted by atomic mass is 35.5. The molecule has 2 heterocycles. The molecule has 0 saturated carbocycles. The van der Waals surface area contributed by atoms with Crippen LogP contribution in [0.3, 0.4) is 0 Å². The van der Waals surface area contributed by atoms with Gasteiger partial charge in [-0.25, -0.2) is 0 Å². The summed E-state index contributed by atoms with van der Waals surface area (Å²) in [4.78, 5) is 0. The number of benzene rings is 2. The Morgan fingerprint density at radius 1 is 0.750 bits per heavy atom. The van der Waals surface area contributed by atoms with Crippen LogP contribution in [0.4, 0.5) is 0 Å². The number of hydrogen-bond acceptors (Lipinski definition) is 7. The molecule has 2 aromatic rings. The van der Waals surface area contributed by atoms with E-state index in [1.807, 2.05) is 0 Å². The molecule has 0 amide bonds. The van der Waals surface area contributed by atoms with Crippen LogP contribution in [0.5, 0.6) is 0 Å². The van der Waals surface area contributed by atoms with Gasteiger partial charge in [-0.05, 0) is 37.1 Å². The second-order valence-corrected chi connectivity index (χ2v) is 9.25. The van der Waals surface area contributed by atoms with Gasteiger partial charge in [0.15, 0.2) is 25.2 Å². The zero-order valence-corrected chi connectivity index (χ0v) is 19.8. The summed E-state index contributed by atoms with van der Waals surface area (Å²) in [5, 5.41) is 1.14. The van der Waals surface area contributed by atoms with E-state index in [0.717, 1.165) is 25.7 Å². The van der Waals surface area contributed by atoms with Gasteiger partial charge < -0.3 is 18.9 Å². The third-order valence-electron chi connectivity index (χ3n) is 5.02. The molecule has 0 radical (unpaired) electrons. The standard InChI is InChI=1S/C22H25Cl2O7P/c23-17-9-5-15(6-10-17)21(28-19-3-1-13-26-19)30-32(25)31-22(29-20-4-2-14-27-20)16-7-11-18(24)12-8-16/h5-12,19-22,32H,1-4,13-14H2. The van der Waals surface area contributed by atoms with Crippen LogP contribution in [0.1, 0.15) is 49.4 Å². The second kappa shape index (κ2) is 11.9. The van der Waals surface area contributed by atoms with Gasteiger partial charge in [-0.15, -0.1) is 0 Å². The van der Waals surface area contributed by atoms with Crippen LogP contribution in [0.2, 0.25) is 10.0 Å². The first-order valence-corrected chi connectivity index (χ1v) is 12.5. The van der Waals surface area contributed by atoms with E-state index in [-0.39, 0.29) is 0 Å². The maximum Gasteiger partial charge on any atom is 0.324 e. The fourth-order valence-electron chi connectivity index (χ4n) is 3.38. The zero-order valence-electron chi connectivity index (χ0n) is 17.3. The van der Waals surface area contributed by atoms with Crippen molar-refractivity contribution in [3.63, 3.8) is 0 Å². The molecule has 0 bridgehead atoms. The lowest BCUT2D eigenvalue weighted by Gasteiger charge is -2.25. The molecule has 4 rings (SSSR count). The lowest BCUT2D eigenvalue weighted by atomic mass is 10.2. The van der Waals surface area contributed by atoms with Crippen LogP contribution >= 0.6 is 31.5 Å². The predicted octanol–water partition coefficient (Wildman–Crippen LogP) is 6.42. The summed E-state index contributed by atoms with van der Waals surface area (Å²) in [6.07, 6.45) is 0.442. The number of halogens is 2. The Morgan fingerprint density at radius 2 is 1.16 bits per heavy atom. The fraction of sp³-hybridized carbons (Fsp3) is 0.455. The monoisotopic (exact) mass is 502 g/mol. The van der Waals surface area contributed by atoms with Crippen molar-refractivity contribution >= 4 is 31.5 Å². The molecule has 2 saturated heterocycles. The van der Waals surface area contributed by atoms with Crippen molar-refractivity contribution in [2.45, 2.75) is 50.8 Å². The van der Waals surface area contributed by atoms with Gasteiger partial charge in [-0.1, -0.05) is 47.5 Å². The van der Waals surface area contributed by atoms with Crippen molar-refractivity contribution in [2.75, 3.05) is 13.2 Å². The molecule has 0 N–H and O–H groups in total. The highest BCUT2D eigenvalue weighted by Gasteiger charge is 2.28. The van der Waals surface area contributed by atoms with Crippen molar-refractivity contribution in [3.8, 4) is 0 Å². The summed E-state index contributed by atoms with van der Waals surface area (Å²) < 4.78 is 47.3. The van der Waals surface area contributed by atoms with E-state index in [1.54, 1.807) is 48.5 Å². The molecule has 2 aliphatic rings. The molecule has 2 fully saturated rings. The van der Waals surface area contributed by atoms with E-state index in [4.69, 9.17) is 51.2 Å². The Hall–Kier alpha value is -0.990. The number of rotatable bonds is 10. The summed E-state index contributed by atoms with van der Waals surface area (Å²) in [5.41, 5.74) is 1.30. The van der Waals surface area contributed by atoms with Crippen molar-refractivity contribution in [1.82, 2.24) is 0 Å². The molecular weight excluding hydrogens is 478 g/mol. The summed E-state index contributed by atoms with van der Waals surface area (Å²) in [7, 11) is -3.06. The first-order chi connectivity index (χ1) is 15.6. The van der Waals surface area contributed by atoms with Gasteiger partial charge in [0.2, 0.25) is 0 Å². The van der Waals surface area contributed by atoms with Crippen molar-refractivity contribution < 1.29 is 32.6 Å². The van der Waals surface area contributed by atoms with E-state index in [1.165, 1.54) is 0 Å². The topological polar surface area (TPSA) is 72.5 Å². The minimum Gasteiger partial charge on any atom is -0.353 e. The van der Waals surface area contributed by atoms with Crippen LogP contribution in [-0.2, 0) is 32.6 Å². The average molecular weight is 503 g/mol. The smallest absolute Gasteiger partial charge is 0.324 e. The SMILES string of the molecule is O=[PH](OC(OC1CCCO1)c1ccc(Cl)cc1)OC(OC1CCCO1)c1ccc(Cl)cc1. The minimum absolute atomic E-state index is 0.444. The molecule has 10 heteroatoms. The Balaban J connectivity index is 1.46. The molecule has 2 aromatic carbocycles. The molecule has 0 aromatic heterocycles. The van der Waals surface area contributed by atoms with Gasteiger partial charge in [0.1, 0.15) is 0 Å². The molecule has 0 aliphatic carbocycles. The van der Waals surface area contributed by atoms with Gasteiger partial charge in [-0.2, -0.15) is 0 Å². The summed E-state index contributed by atoms with van der Waals surface area (Å²) in [6.45, 7) is 1.22. The largest absolute Gasteiger partial charge is 0.353 e. The average Bonchev–Trinajstić information content (AvgIpc) is 3.48. The van der Waals surface area contributed by atoms with Crippen molar-refractivity contribution in [3.05, 3.63) is 69.7 Å². The quantitative estimate of drug-likeness (QED) is 0.274. The Bertz CT molecular complexity index is 797. The zero-order chi connectivity index (χ0) is 22.3. The molecule has 0 spiro atoms. The lowest BCUT2D eigenvalue weighted by molar-refractivity contribution is -0.220. The fourth-order valence-corrected chi connectivity index (χ4v) is 4.42. The van der Waals surface area contributed by atoms with Crippen LogP contribution in [-0.4, -0.2) is 25.8 Å². The molecule has 4 atom stereocenters. The van der Waals surface area contributed by atoms with Crippen molar-refractivity contribution in [1.29, 1.82) is 0 Å². The Morgan fingerprint density at radius 3 is 1.50 bits per heavy atom. The Kier molecular flexibility index (Phi) is 9.00. The van der Waals surface area contributed by atoms with Gasteiger partial charge in [0.05, 0.1) is 0 Å². The van der Waals surface area contributed by atoms with E-state index in [0.29, 0.717) is 34.4 Å². The van der Waals surface area contributed by atoms with Gasteiger partial charge >= 0.3 is 8.25 Å². The maximum atomic E-state index is 12.9. The molecule has 174 valence electrons. The highest BCUT2D eigenvalue weighted by molar-refractivity contribution is 7.33. The number of hydrogen-bond donors (Lipinski definition) is 0. The first kappa shape index (κ1) is 24.1. The van der Waals surface area contributed by atoms with E-state index in [9.17, 15) is 4.57 Å². The van der Waals surface area contributed by atoms with Crippen LogP contribution in [0, 0.1) is 0 Å². The van der Waals surface area contributed by atoms with Gasteiger partial charge in [-0.3, -0.25) is 13.6 Å². The predicted molar refractivity (Wildman–Crippen MR) is 120 cm³/mol. The lowest BCUT2D eigenvalue weighted by Crippen LogP contribution is -2.18. The first-order valence-electron chi connectivity index (χ1n) is 10.5. The molecule has 7 nitrogen and oxygen atoms in total. The van der Waals surface area contributed by atoms with E-state index < -0.39 is 33.4 Å². The molecule has 4 unspecified atom stereocenters. The summed E-state index contributed by atoms with van der Waals surface area (Å²) in [6, 6.07) is 13.8. The third-order valence-corrected chi connectivity index (χ3v) is 6.33. The maximum absolute atomic E-state index is 12.9. The normalized spacial score (nSPS) is 23.8. The van der Waals surface area contributed by atoms with Crippen LogP contribution in [0.15, 0.2) is 48.5 Å². The van der Waals surface area contributed by atoms with Gasteiger partial charge in [0.25, 0.3) is 0 Å². The number of ether oxygens (including phenoxy) is 4. The third kappa shape index (κ3) is 7.00.